The predicted octanol–water partition coefficient (Wildman–Crippen LogP) is 4.84. The molecular weight excluding hydrogens is 324 g/mol. The van der Waals surface area contributed by atoms with Crippen LogP contribution >= 0.6 is 0 Å². The molecule has 0 heterocycles. The lowest BCUT2D eigenvalue weighted by molar-refractivity contribution is 0.237. The highest BCUT2D eigenvalue weighted by Crippen LogP contribution is 2.44. The fourth-order valence-electron chi connectivity index (χ4n) is 2.80. The maximum Gasteiger partial charge on any atom is 0.297 e. The maximum atomic E-state index is 12.5. The van der Waals surface area contributed by atoms with Crippen molar-refractivity contribution in [1.82, 2.24) is 0 Å². The van der Waals surface area contributed by atoms with Crippen LogP contribution in [0.15, 0.2) is 40.9 Å². The van der Waals surface area contributed by atoms with Crippen LogP contribution in [0, 0.1) is 6.92 Å². The van der Waals surface area contributed by atoms with E-state index >= 15 is 0 Å². The molecule has 2 rings (SSSR count). The Hall–Kier alpha value is -0.913. The number of rotatable bonds is 8. The van der Waals surface area contributed by atoms with Crippen molar-refractivity contribution >= 4 is 18.2 Å². The van der Waals surface area contributed by atoms with E-state index in [2.05, 4.69) is 32.5 Å². The van der Waals surface area contributed by atoms with E-state index in [0.717, 1.165) is 18.4 Å². The van der Waals surface area contributed by atoms with E-state index in [4.69, 9.17) is 4.18 Å². The largest absolute Gasteiger partial charge is 0.297 e. The van der Waals surface area contributed by atoms with Gasteiger partial charge in [-0.3, -0.25) is 4.18 Å². The first-order valence-electron chi connectivity index (χ1n) is 8.53. The summed E-state index contributed by atoms with van der Waals surface area (Å²) in [7, 11) is -5.10. The zero-order chi connectivity index (χ0) is 17.1. The summed E-state index contributed by atoms with van der Waals surface area (Å²) >= 11 is 0. The second-order valence-corrected chi connectivity index (χ2v) is 13.4. The van der Waals surface area contributed by atoms with E-state index in [1.54, 1.807) is 24.3 Å². The third kappa shape index (κ3) is 4.34. The van der Waals surface area contributed by atoms with Crippen molar-refractivity contribution in [2.75, 3.05) is 0 Å². The fraction of sp³-hybridized carbons (Fsp3) is 0.556. The van der Waals surface area contributed by atoms with E-state index in [1.807, 2.05) is 6.92 Å². The molecule has 5 heteroatoms. The monoisotopic (exact) mass is 352 g/mol. The van der Waals surface area contributed by atoms with Crippen molar-refractivity contribution in [2.24, 2.45) is 0 Å². The van der Waals surface area contributed by atoms with Crippen LogP contribution in [0.4, 0.5) is 0 Å². The quantitative estimate of drug-likeness (QED) is 0.497. The average molecular weight is 353 g/mol. The van der Waals surface area contributed by atoms with Crippen LogP contribution < -0.4 is 0 Å². The van der Waals surface area contributed by atoms with Gasteiger partial charge in [-0.15, -0.1) is 0 Å². The van der Waals surface area contributed by atoms with Gasteiger partial charge in [0.25, 0.3) is 10.1 Å². The lowest BCUT2D eigenvalue weighted by Gasteiger charge is -2.24. The summed E-state index contributed by atoms with van der Waals surface area (Å²) in [5.74, 6) is 0. The van der Waals surface area contributed by atoms with Gasteiger partial charge in [0.05, 0.1) is 13.0 Å². The van der Waals surface area contributed by atoms with Gasteiger partial charge in [0.1, 0.15) is 5.60 Å². The van der Waals surface area contributed by atoms with Crippen molar-refractivity contribution < 1.29 is 12.6 Å². The Labute approximate surface area is 141 Å². The smallest absolute Gasteiger partial charge is 0.255 e. The zero-order valence-corrected chi connectivity index (χ0v) is 16.4. The van der Waals surface area contributed by atoms with E-state index < -0.39 is 23.8 Å². The van der Waals surface area contributed by atoms with Gasteiger partial charge < -0.3 is 0 Å². The molecule has 0 aliphatic heterocycles. The van der Waals surface area contributed by atoms with Gasteiger partial charge in [-0.25, -0.2) is 0 Å². The van der Waals surface area contributed by atoms with Gasteiger partial charge in [0, 0.05) is 0 Å². The summed E-state index contributed by atoms with van der Waals surface area (Å²) in [6.45, 7) is 8.67. The highest BCUT2D eigenvalue weighted by atomic mass is 32.2. The molecule has 1 aliphatic rings. The van der Waals surface area contributed by atoms with Gasteiger partial charge in [0.15, 0.2) is 0 Å². The molecule has 128 valence electrons. The standard InChI is InChI=1S/C18H28O3SSi/c1-5-23(6-2,7-3)15-14-18(12-13-18)21-22(19,20)17-10-8-16(4)9-11-17/h8-11,14-15H,5-7,12-13H2,1-4H3/b15-14+. The molecular formula is C18H28O3SSi. The molecule has 0 amide bonds. The molecule has 0 spiro atoms. The van der Waals surface area contributed by atoms with Gasteiger partial charge in [0.2, 0.25) is 0 Å². The maximum absolute atomic E-state index is 12.5. The predicted molar refractivity (Wildman–Crippen MR) is 97.8 cm³/mol. The minimum atomic E-state index is -3.70. The Morgan fingerprint density at radius 2 is 1.61 bits per heavy atom. The van der Waals surface area contributed by atoms with E-state index in [-0.39, 0.29) is 4.90 Å². The molecule has 0 aromatic heterocycles. The molecule has 23 heavy (non-hydrogen) atoms. The van der Waals surface area contributed by atoms with Crippen LogP contribution in [0.5, 0.6) is 0 Å². The molecule has 0 radical (unpaired) electrons. The summed E-state index contributed by atoms with van der Waals surface area (Å²) in [5.41, 5.74) is 2.76. The molecule has 1 fully saturated rings. The molecule has 1 saturated carbocycles. The van der Waals surface area contributed by atoms with E-state index in [0.29, 0.717) is 0 Å². The molecule has 0 unspecified atom stereocenters. The summed E-state index contributed by atoms with van der Waals surface area (Å²) in [4.78, 5) is 0.243. The van der Waals surface area contributed by atoms with Crippen molar-refractivity contribution in [1.29, 1.82) is 0 Å². The Bertz CT molecular complexity index is 646. The highest BCUT2D eigenvalue weighted by Gasteiger charge is 2.46. The van der Waals surface area contributed by atoms with Crippen molar-refractivity contribution in [3.05, 3.63) is 41.6 Å². The zero-order valence-electron chi connectivity index (χ0n) is 14.6. The molecule has 1 aliphatic carbocycles. The summed E-state index contributed by atoms with van der Waals surface area (Å²) in [6, 6.07) is 10.4. The second kappa shape index (κ2) is 6.91. The Balaban J connectivity index is 2.17. The Morgan fingerprint density at radius 1 is 1.09 bits per heavy atom. The van der Waals surface area contributed by atoms with Gasteiger partial charge in [-0.1, -0.05) is 68.4 Å². The minimum absolute atomic E-state index is 0.243. The SMILES string of the molecule is CC[Si](/C=C/C1(OS(=O)(=O)c2ccc(C)cc2)CC1)(CC)CC. The normalized spacial score (nSPS) is 17.6. The summed E-state index contributed by atoms with van der Waals surface area (Å²) in [6.07, 6.45) is 3.63. The first kappa shape index (κ1) is 18.4. The van der Waals surface area contributed by atoms with Crippen LogP contribution in [0.1, 0.15) is 39.2 Å². The molecule has 0 N–H and O–H groups in total. The molecule has 1 aromatic carbocycles. The summed E-state index contributed by atoms with van der Waals surface area (Å²) in [5, 5.41) is 0. The Kier molecular flexibility index (Phi) is 5.54. The highest BCUT2D eigenvalue weighted by molar-refractivity contribution is 7.86. The molecule has 1 aromatic rings. The van der Waals surface area contributed by atoms with Crippen molar-refractivity contribution in [3.8, 4) is 0 Å². The van der Waals surface area contributed by atoms with E-state index in [1.165, 1.54) is 18.1 Å². The van der Waals surface area contributed by atoms with Crippen LogP contribution in [-0.2, 0) is 14.3 Å². The van der Waals surface area contributed by atoms with Gasteiger partial charge in [-0.2, -0.15) is 8.42 Å². The third-order valence-corrected chi connectivity index (χ3v) is 11.7. The minimum Gasteiger partial charge on any atom is -0.255 e. The molecule has 0 atom stereocenters. The number of hydrogen-bond acceptors (Lipinski definition) is 3. The third-order valence-electron chi connectivity index (χ3n) is 5.18. The topological polar surface area (TPSA) is 43.4 Å². The Morgan fingerprint density at radius 3 is 2.04 bits per heavy atom. The van der Waals surface area contributed by atoms with Gasteiger partial charge >= 0.3 is 0 Å². The van der Waals surface area contributed by atoms with Crippen LogP contribution in [0.25, 0.3) is 0 Å². The van der Waals surface area contributed by atoms with Gasteiger partial charge in [-0.05, 0) is 31.9 Å². The summed E-state index contributed by atoms with van der Waals surface area (Å²) < 4.78 is 30.6. The first-order chi connectivity index (χ1) is 10.8. The van der Waals surface area contributed by atoms with Crippen LogP contribution in [0.2, 0.25) is 18.1 Å². The van der Waals surface area contributed by atoms with Crippen molar-refractivity contribution in [3.63, 3.8) is 0 Å². The molecule has 0 bridgehead atoms. The lowest BCUT2D eigenvalue weighted by Crippen LogP contribution is -2.30. The fourth-order valence-corrected chi connectivity index (χ4v) is 6.89. The first-order valence-corrected chi connectivity index (χ1v) is 12.6. The lowest BCUT2D eigenvalue weighted by atomic mass is 10.2. The number of aryl methyl sites for hydroxylation is 1. The van der Waals surface area contributed by atoms with E-state index in [9.17, 15) is 8.42 Å². The van der Waals surface area contributed by atoms with Crippen LogP contribution in [-0.4, -0.2) is 22.1 Å². The second-order valence-electron chi connectivity index (χ2n) is 6.67. The molecule has 0 saturated heterocycles. The molecule has 3 nitrogen and oxygen atoms in total. The number of benzene rings is 1. The average Bonchev–Trinajstić information content (AvgIpc) is 3.29. The number of hydrogen-bond donors (Lipinski definition) is 0. The van der Waals surface area contributed by atoms with Crippen molar-refractivity contribution in [2.45, 2.75) is 69.2 Å². The van der Waals surface area contributed by atoms with Crippen LogP contribution in [0.3, 0.4) is 0 Å².